The van der Waals surface area contributed by atoms with E-state index in [-0.39, 0.29) is 16.6 Å². The largest absolute Gasteiger partial charge is 0.385 e. The van der Waals surface area contributed by atoms with Crippen molar-refractivity contribution in [3.05, 3.63) is 102 Å². The third-order valence-electron chi connectivity index (χ3n) is 6.58. The molecule has 7 nitrogen and oxygen atoms in total. The van der Waals surface area contributed by atoms with Crippen LogP contribution in [0.1, 0.15) is 34.3 Å². The van der Waals surface area contributed by atoms with Gasteiger partial charge in [-0.1, -0.05) is 30.3 Å². The summed E-state index contributed by atoms with van der Waals surface area (Å²) in [6, 6.07) is 19.0. The topological polar surface area (TPSA) is 100 Å². The van der Waals surface area contributed by atoms with Crippen LogP contribution in [-0.2, 0) is 21.2 Å². The second-order valence-corrected chi connectivity index (χ2v) is 10.8. The van der Waals surface area contributed by atoms with Crippen molar-refractivity contribution < 1.29 is 18.3 Å². The van der Waals surface area contributed by atoms with Crippen molar-refractivity contribution in [3.63, 3.8) is 0 Å². The van der Waals surface area contributed by atoms with E-state index in [1.807, 2.05) is 12.1 Å². The van der Waals surface area contributed by atoms with Gasteiger partial charge in [0.25, 0.3) is 5.91 Å². The predicted molar refractivity (Wildman–Crippen MR) is 132 cm³/mol. The number of sulfone groups is 1. The predicted octanol–water partition coefficient (Wildman–Crippen LogP) is 3.73. The molecule has 2 aromatic carbocycles. The smallest absolute Gasteiger partial charge is 0.253 e. The molecule has 4 aromatic rings. The summed E-state index contributed by atoms with van der Waals surface area (Å²) in [6.45, 7) is 0.865. The summed E-state index contributed by atoms with van der Waals surface area (Å²) in [6.07, 6.45) is 5.78. The molecule has 1 aliphatic rings. The highest BCUT2D eigenvalue weighted by molar-refractivity contribution is 7.90. The highest BCUT2D eigenvalue weighted by Crippen LogP contribution is 2.33. The number of hydrogen-bond donors (Lipinski definition) is 1. The average Bonchev–Trinajstić information content (AvgIpc) is 2.89. The lowest BCUT2D eigenvalue weighted by Crippen LogP contribution is -2.45. The fourth-order valence-corrected chi connectivity index (χ4v) is 6.12. The van der Waals surface area contributed by atoms with Crippen LogP contribution in [0.2, 0.25) is 0 Å². The molecular weight excluding hydrogens is 462 g/mol. The van der Waals surface area contributed by atoms with E-state index in [4.69, 9.17) is 0 Å². The fraction of sp³-hybridized carbons (Fsp3) is 0.222. The minimum atomic E-state index is -3.62. The third kappa shape index (κ3) is 4.67. The number of amides is 1. The number of para-hydroxylation sites is 1. The van der Waals surface area contributed by atoms with Gasteiger partial charge in [0, 0.05) is 42.6 Å². The first kappa shape index (κ1) is 23.1. The Hall–Kier alpha value is -3.62. The first-order valence-electron chi connectivity index (χ1n) is 11.4. The highest BCUT2D eigenvalue weighted by atomic mass is 32.2. The van der Waals surface area contributed by atoms with Gasteiger partial charge in [0.2, 0.25) is 0 Å². The van der Waals surface area contributed by atoms with Gasteiger partial charge in [-0.3, -0.25) is 14.8 Å². The Morgan fingerprint density at radius 2 is 1.60 bits per heavy atom. The molecule has 1 N–H and O–H groups in total. The van der Waals surface area contributed by atoms with Gasteiger partial charge in [-0.2, -0.15) is 0 Å². The molecule has 1 saturated heterocycles. The van der Waals surface area contributed by atoms with Crippen molar-refractivity contribution in [2.75, 3.05) is 13.1 Å². The Bertz CT molecular complexity index is 1460. The van der Waals surface area contributed by atoms with Crippen molar-refractivity contribution >= 4 is 26.6 Å². The molecule has 5 rings (SSSR count). The van der Waals surface area contributed by atoms with E-state index in [0.717, 1.165) is 10.9 Å². The van der Waals surface area contributed by atoms with Crippen LogP contribution < -0.4 is 0 Å². The van der Waals surface area contributed by atoms with E-state index in [1.54, 1.807) is 78.1 Å². The fourth-order valence-electron chi connectivity index (χ4n) is 4.58. The van der Waals surface area contributed by atoms with Gasteiger partial charge in [0.15, 0.2) is 9.84 Å². The van der Waals surface area contributed by atoms with Crippen LogP contribution in [0.3, 0.4) is 0 Å². The van der Waals surface area contributed by atoms with Crippen LogP contribution in [0, 0.1) is 0 Å². The van der Waals surface area contributed by atoms with Gasteiger partial charge in [0.1, 0.15) is 0 Å². The lowest BCUT2D eigenvalue weighted by atomic mass is 9.85. The Labute approximate surface area is 204 Å². The van der Waals surface area contributed by atoms with E-state index in [9.17, 15) is 18.3 Å². The zero-order chi connectivity index (χ0) is 24.5. The Morgan fingerprint density at radius 3 is 2.31 bits per heavy atom. The van der Waals surface area contributed by atoms with Crippen LogP contribution in [0.15, 0.2) is 90.2 Å². The van der Waals surface area contributed by atoms with Crippen molar-refractivity contribution in [1.82, 2.24) is 14.9 Å². The Morgan fingerprint density at radius 1 is 0.914 bits per heavy atom. The summed E-state index contributed by atoms with van der Waals surface area (Å²) in [5.74, 6) is -0.311. The van der Waals surface area contributed by atoms with Crippen molar-refractivity contribution in [2.45, 2.75) is 29.1 Å². The van der Waals surface area contributed by atoms with Gasteiger partial charge in [0.05, 0.1) is 21.8 Å². The normalized spacial score (nSPS) is 15.7. The second kappa shape index (κ2) is 9.20. The minimum Gasteiger partial charge on any atom is -0.385 e. The lowest BCUT2D eigenvalue weighted by Gasteiger charge is -2.38. The second-order valence-electron chi connectivity index (χ2n) is 8.85. The van der Waals surface area contributed by atoms with E-state index in [2.05, 4.69) is 9.97 Å². The number of benzene rings is 2. The van der Waals surface area contributed by atoms with Crippen molar-refractivity contribution in [3.8, 4) is 0 Å². The van der Waals surface area contributed by atoms with Crippen LogP contribution in [0.4, 0.5) is 0 Å². The highest BCUT2D eigenvalue weighted by Gasteiger charge is 2.35. The standard InChI is InChI=1S/C27H25N3O4S/c31-26(30-17-12-27(32,13-18-30)23-10-15-28-16-11-23)22-8-6-20(7-9-22)19-35(33,34)24-5-1-3-21-4-2-14-29-25(21)24/h1-11,14-16,32H,12-13,17-19H2. The number of nitrogens with zero attached hydrogens (tertiary/aromatic N) is 3. The monoisotopic (exact) mass is 487 g/mol. The van der Waals surface area contributed by atoms with Crippen LogP contribution in [0.5, 0.6) is 0 Å². The summed E-state index contributed by atoms with van der Waals surface area (Å²) in [7, 11) is -3.62. The number of likely N-dealkylation sites (tertiary alicyclic amines) is 1. The number of hydrogen-bond acceptors (Lipinski definition) is 6. The molecule has 0 radical (unpaired) electrons. The van der Waals surface area contributed by atoms with Gasteiger partial charge in [-0.05, 0) is 60.4 Å². The van der Waals surface area contributed by atoms with Crippen LogP contribution in [-0.4, -0.2) is 47.4 Å². The quantitative estimate of drug-likeness (QED) is 0.460. The summed E-state index contributed by atoms with van der Waals surface area (Å²) in [4.78, 5) is 23.2. The van der Waals surface area contributed by atoms with Crippen LogP contribution >= 0.6 is 0 Å². The summed E-state index contributed by atoms with van der Waals surface area (Å²) in [5.41, 5.74) is 1.40. The first-order valence-corrected chi connectivity index (χ1v) is 13.1. The molecule has 178 valence electrons. The van der Waals surface area contributed by atoms with Crippen molar-refractivity contribution in [2.24, 2.45) is 0 Å². The molecule has 1 aliphatic heterocycles. The molecule has 0 spiro atoms. The molecule has 3 heterocycles. The number of rotatable bonds is 5. The summed E-state index contributed by atoms with van der Waals surface area (Å²) < 4.78 is 26.2. The van der Waals surface area contributed by atoms with Gasteiger partial charge in [-0.25, -0.2) is 8.42 Å². The molecule has 8 heteroatoms. The molecule has 1 fully saturated rings. The maximum atomic E-state index is 13.1. The van der Waals surface area contributed by atoms with Crippen molar-refractivity contribution in [1.29, 1.82) is 0 Å². The van der Waals surface area contributed by atoms with Gasteiger partial charge in [-0.15, -0.1) is 0 Å². The maximum absolute atomic E-state index is 13.1. The molecular formula is C27H25N3O4S. The number of piperidine rings is 1. The zero-order valence-corrected chi connectivity index (χ0v) is 19.9. The summed E-state index contributed by atoms with van der Waals surface area (Å²) in [5, 5.41) is 11.8. The van der Waals surface area contributed by atoms with E-state index in [1.165, 1.54) is 0 Å². The number of carbonyl (C=O) groups excluding carboxylic acids is 1. The molecule has 1 amide bonds. The minimum absolute atomic E-state index is 0.130. The molecule has 0 bridgehead atoms. The average molecular weight is 488 g/mol. The van der Waals surface area contributed by atoms with E-state index in [0.29, 0.717) is 42.6 Å². The van der Waals surface area contributed by atoms with E-state index >= 15 is 0 Å². The molecule has 0 atom stereocenters. The Balaban J connectivity index is 1.27. The van der Waals surface area contributed by atoms with E-state index < -0.39 is 15.4 Å². The molecule has 0 saturated carbocycles. The number of aliphatic hydroxyl groups is 1. The number of pyridine rings is 2. The number of fused-ring (bicyclic) bond motifs is 1. The number of aromatic nitrogens is 2. The van der Waals surface area contributed by atoms with Gasteiger partial charge < -0.3 is 10.0 Å². The maximum Gasteiger partial charge on any atom is 0.253 e. The summed E-state index contributed by atoms with van der Waals surface area (Å²) >= 11 is 0. The molecule has 0 unspecified atom stereocenters. The molecule has 2 aromatic heterocycles. The van der Waals surface area contributed by atoms with Gasteiger partial charge >= 0.3 is 0 Å². The number of carbonyl (C=O) groups is 1. The van der Waals surface area contributed by atoms with Crippen LogP contribution in [0.25, 0.3) is 10.9 Å². The Kier molecular flexibility index (Phi) is 6.08. The first-order chi connectivity index (χ1) is 16.9. The molecule has 0 aliphatic carbocycles. The zero-order valence-electron chi connectivity index (χ0n) is 19.0. The third-order valence-corrected chi connectivity index (χ3v) is 8.30. The SMILES string of the molecule is O=C(c1ccc(CS(=O)(=O)c2cccc3cccnc23)cc1)N1CCC(O)(c2ccncc2)CC1. The molecule has 35 heavy (non-hydrogen) atoms. The lowest BCUT2D eigenvalue weighted by molar-refractivity contribution is -0.0212.